The zero-order valence-corrected chi connectivity index (χ0v) is 13.6. The van der Waals surface area contributed by atoms with Crippen LogP contribution in [0.2, 0.25) is 0 Å². The van der Waals surface area contributed by atoms with Crippen LogP contribution in [0, 0.1) is 0 Å². The fourth-order valence-corrected chi connectivity index (χ4v) is 2.67. The third kappa shape index (κ3) is 4.28. The third-order valence-corrected chi connectivity index (χ3v) is 3.99. The number of ether oxygens (including phenoxy) is 1. The number of fused-ring (bicyclic) bond motifs is 1. The summed E-state index contributed by atoms with van der Waals surface area (Å²) in [5.74, 6) is -2.07. The van der Waals surface area contributed by atoms with Gasteiger partial charge in [0, 0.05) is 24.5 Å². The average Bonchev–Trinajstić information content (AvgIpc) is 2.50. The highest BCUT2D eigenvalue weighted by Crippen LogP contribution is 2.39. The van der Waals surface area contributed by atoms with Crippen molar-refractivity contribution in [3.05, 3.63) is 23.3 Å². The highest BCUT2D eigenvalue weighted by Gasteiger charge is 2.24. The van der Waals surface area contributed by atoms with E-state index in [1.54, 1.807) is 13.0 Å². The van der Waals surface area contributed by atoms with Crippen LogP contribution < -0.4 is 0 Å². The minimum atomic E-state index is -0.779. The van der Waals surface area contributed by atoms with Crippen LogP contribution in [0.15, 0.2) is 12.1 Å². The van der Waals surface area contributed by atoms with Crippen LogP contribution in [0.4, 0.5) is 0 Å². The predicted octanol–water partition coefficient (Wildman–Crippen LogP) is 3.29. The number of cyclic esters (lactones) is 1. The largest absolute Gasteiger partial charge is 0.507 e. The number of hydrogen-bond acceptors (Lipinski definition) is 6. The van der Waals surface area contributed by atoms with Crippen LogP contribution in [0.3, 0.4) is 0 Å². The molecule has 6 nitrogen and oxygen atoms in total. The fourth-order valence-electron chi connectivity index (χ4n) is 2.67. The monoisotopic (exact) mass is 334 g/mol. The number of benzene rings is 1. The third-order valence-electron chi connectivity index (χ3n) is 3.99. The van der Waals surface area contributed by atoms with E-state index in [1.165, 1.54) is 6.08 Å². The number of rotatable bonds is 0. The second kappa shape index (κ2) is 7.86. The molecular formula is C18H22O6. The Morgan fingerprint density at radius 2 is 1.79 bits per heavy atom. The molecule has 24 heavy (non-hydrogen) atoms. The zero-order valence-electron chi connectivity index (χ0n) is 13.6. The summed E-state index contributed by atoms with van der Waals surface area (Å²) >= 11 is 0. The first-order valence-electron chi connectivity index (χ1n) is 8.07. The zero-order chi connectivity index (χ0) is 17.7. The van der Waals surface area contributed by atoms with Gasteiger partial charge in [-0.2, -0.15) is 0 Å². The van der Waals surface area contributed by atoms with Crippen molar-refractivity contribution in [2.45, 2.75) is 51.6 Å². The minimum absolute atomic E-state index is 0.00749. The molecule has 1 aliphatic rings. The summed E-state index contributed by atoms with van der Waals surface area (Å²) in [6.45, 7) is 1.71. The number of ketones is 1. The van der Waals surface area contributed by atoms with Crippen LogP contribution in [0.25, 0.3) is 6.08 Å². The lowest BCUT2D eigenvalue weighted by Crippen LogP contribution is -2.16. The lowest BCUT2D eigenvalue weighted by molar-refractivity contribution is -0.119. The molecule has 6 heteroatoms. The molecule has 0 radical (unpaired) electrons. The second-order valence-electron chi connectivity index (χ2n) is 5.99. The number of allylic oxidation sites excluding steroid dienone is 1. The molecular weight excluding hydrogens is 312 g/mol. The highest BCUT2D eigenvalue weighted by atomic mass is 16.5. The van der Waals surface area contributed by atoms with Gasteiger partial charge in [0.1, 0.15) is 17.1 Å². The molecule has 1 atom stereocenters. The predicted molar refractivity (Wildman–Crippen MR) is 88.1 cm³/mol. The molecule has 0 fully saturated rings. The summed E-state index contributed by atoms with van der Waals surface area (Å²) in [5, 5.41) is 29.7. The van der Waals surface area contributed by atoms with E-state index >= 15 is 0 Å². The number of carbonyl (C=O) groups is 2. The van der Waals surface area contributed by atoms with Gasteiger partial charge >= 0.3 is 5.97 Å². The molecule has 0 unspecified atom stereocenters. The Morgan fingerprint density at radius 1 is 1.08 bits per heavy atom. The van der Waals surface area contributed by atoms with Gasteiger partial charge in [-0.15, -0.1) is 0 Å². The maximum Gasteiger partial charge on any atom is 0.342 e. The van der Waals surface area contributed by atoms with Crippen molar-refractivity contribution in [1.82, 2.24) is 0 Å². The quantitative estimate of drug-likeness (QED) is 0.382. The Labute approximate surface area is 140 Å². The molecule has 3 N–H and O–H groups in total. The van der Waals surface area contributed by atoms with Gasteiger partial charge in [-0.1, -0.05) is 12.2 Å². The van der Waals surface area contributed by atoms with E-state index < -0.39 is 29.3 Å². The molecule has 1 aromatic rings. The Hall–Kier alpha value is -2.50. The standard InChI is InChI=1S/C18H22O6/c1-11-6-5-8-12(19)7-3-2-4-9-13-16(18(23)24-11)14(20)10-15(21)17(13)22/h4,9-11,20-22H,2-3,5-8H2,1H3/b9-4+/t11-/m0/s1. The SMILES string of the molecule is C[C@H]1CCCC(=O)CCC/C=C/c2c(O)c(O)cc(O)c2C(=O)O1. The molecule has 0 amide bonds. The number of aromatic hydroxyl groups is 3. The van der Waals surface area contributed by atoms with Gasteiger partial charge in [-0.05, 0) is 32.6 Å². The van der Waals surface area contributed by atoms with Gasteiger partial charge in [0.25, 0.3) is 0 Å². The van der Waals surface area contributed by atoms with Crippen LogP contribution >= 0.6 is 0 Å². The molecule has 0 spiro atoms. The minimum Gasteiger partial charge on any atom is -0.507 e. The van der Waals surface area contributed by atoms with E-state index in [0.717, 1.165) is 6.07 Å². The van der Waals surface area contributed by atoms with E-state index in [1.807, 2.05) is 0 Å². The van der Waals surface area contributed by atoms with Crippen LogP contribution in [0.5, 0.6) is 17.2 Å². The number of phenolic OH excluding ortho intramolecular Hbond substituents is 3. The van der Waals surface area contributed by atoms with Gasteiger partial charge in [0.05, 0.1) is 6.10 Å². The van der Waals surface area contributed by atoms with E-state index in [4.69, 9.17) is 4.74 Å². The summed E-state index contributed by atoms with van der Waals surface area (Å²) in [6, 6.07) is 0.912. The van der Waals surface area contributed by atoms with Gasteiger partial charge < -0.3 is 20.1 Å². The first kappa shape index (κ1) is 17.8. The average molecular weight is 334 g/mol. The summed E-state index contributed by atoms with van der Waals surface area (Å²) in [6.07, 6.45) is 6.05. The first-order chi connectivity index (χ1) is 11.4. The summed E-state index contributed by atoms with van der Waals surface area (Å²) in [5.41, 5.74) is -0.172. The van der Waals surface area contributed by atoms with Gasteiger partial charge in [0.2, 0.25) is 0 Å². The lowest BCUT2D eigenvalue weighted by atomic mass is 10.0. The Balaban J connectivity index is 2.40. The van der Waals surface area contributed by atoms with Crippen molar-refractivity contribution >= 4 is 17.8 Å². The number of hydrogen-bond donors (Lipinski definition) is 3. The molecule has 0 aliphatic carbocycles. The van der Waals surface area contributed by atoms with Gasteiger partial charge in [0.15, 0.2) is 11.5 Å². The van der Waals surface area contributed by atoms with Crippen molar-refractivity contribution in [3.63, 3.8) is 0 Å². The van der Waals surface area contributed by atoms with Crippen LogP contribution in [-0.2, 0) is 9.53 Å². The van der Waals surface area contributed by atoms with Crippen molar-refractivity contribution in [1.29, 1.82) is 0 Å². The Bertz CT molecular complexity index is 662. The van der Waals surface area contributed by atoms with E-state index in [9.17, 15) is 24.9 Å². The number of esters is 1. The fraction of sp³-hybridized carbons (Fsp3) is 0.444. The van der Waals surface area contributed by atoms with Crippen molar-refractivity contribution < 1.29 is 29.6 Å². The molecule has 1 aromatic carbocycles. The number of Topliss-reactive ketones (excluding diaryl/α,β-unsaturated/α-hetero) is 1. The Morgan fingerprint density at radius 3 is 2.54 bits per heavy atom. The topological polar surface area (TPSA) is 104 Å². The maximum absolute atomic E-state index is 12.4. The van der Waals surface area contributed by atoms with E-state index in [2.05, 4.69) is 0 Å². The molecule has 1 aliphatic heterocycles. The van der Waals surface area contributed by atoms with Crippen molar-refractivity contribution in [3.8, 4) is 17.2 Å². The van der Waals surface area contributed by atoms with Crippen LogP contribution in [0.1, 0.15) is 61.4 Å². The molecule has 2 rings (SSSR count). The molecule has 1 heterocycles. The second-order valence-corrected chi connectivity index (χ2v) is 5.99. The van der Waals surface area contributed by atoms with E-state index in [-0.39, 0.29) is 16.9 Å². The van der Waals surface area contributed by atoms with Gasteiger partial charge in [-0.25, -0.2) is 4.79 Å². The molecule has 0 saturated heterocycles. The molecule has 130 valence electrons. The smallest absolute Gasteiger partial charge is 0.342 e. The Kier molecular flexibility index (Phi) is 5.84. The summed E-state index contributed by atoms with van der Waals surface area (Å²) < 4.78 is 5.30. The summed E-state index contributed by atoms with van der Waals surface area (Å²) in [4.78, 5) is 24.1. The first-order valence-corrected chi connectivity index (χ1v) is 8.07. The molecule has 0 bridgehead atoms. The van der Waals surface area contributed by atoms with E-state index in [0.29, 0.717) is 38.5 Å². The normalized spacial score (nSPS) is 21.5. The van der Waals surface area contributed by atoms with Gasteiger partial charge in [-0.3, -0.25) is 4.79 Å². The molecule has 0 saturated carbocycles. The lowest BCUT2D eigenvalue weighted by Gasteiger charge is -2.16. The highest BCUT2D eigenvalue weighted by molar-refractivity contribution is 5.98. The number of phenols is 3. The maximum atomic E-state index is 12.4. The van der Waals surface area contributed by atoms with Crippen molar-refractivity contribution in [2.75, 3.05) is 0 Å². The summed E-state index contributed by atoms with van der Waals surface area (Å²) in [7, 11) is 0. The van der Waals surface area contributed by atoms with Crippen LogP contribution in [-0.4, -0.2) is 33.2 Å². The molecule has 0 aromatic heterocycles. The number of carbonyl (C=O) groups excluding carboxylic acids is 2. The van der Waals surface area contributed by atoms with Crippen molar-refractivity contribution in [2.24, 2.45) is 0 Å².